The fraction of sp³-hybridized carbons (Fsp3) is 0.400. The number of ether oxygens (including phenoxy) is 1. The third kappa shape index (κ3) is 5.66. The van der Waals surface area contributed by atoms with Gasteiger partial charge in [0.1, 0.15) is 6.54 Å². The monoisotopic (exact) mass is 392 g/mol. The van der Waals surface area contributed by atoms with Gasteiger partial charge in [0.05, 0.1) is 24.4 Å². The number of para-hydroxylation sites is 1. The van der Waals surface area contributed by atoms with Crippen molar-refractivity contribution in [2.45, 2.75) is 20.4 Å². The van der Waals surface area contributed by atoms with E-state index in [1.165, 1.54) is 0 Å². The van der Waals surface area contributed by atoms with Gasteiger partial charge in [-0.05, 0) is 32.0 Å². The molecule has 1 aromatic heterocycles. The summed E-state index contributed by atoms with van der Waals surface area (Å²) in [7, 11) is 3.49. The lowest BCUT2D eigenvalue weighted by Gasteiger charge is -2.14. The molecule has 2 rings (SSSR count). The number of anilines is 1. The molecule has 0 aliphatic carbocycles. The van der Waals surface area contributed by atoms with E-state index < -0.39 is 0 Å². The Morgan fingerprint density at radius 3 is 2.59 bits per heavy atom. The summed E-state index contributed by atoms with van der Waals surface area (Å²) >= 11 is 6.05. The number of halogens is 1. The van der Waals surface area contributed by atoms with Crippen molar-refractivity contribution in [3.05, 3.63) is 52.3 Å². The maximum absolute atomic E-state index is 12.7. The van der Waals surface area contributed by atoms with Crippen molar-refractivity contribution in [2.24, 2.45) is 0 Å². The first kappa shape index (κ1) is 21.2. The molecule has 0 aliphatic rings. The number of hydrogen-bond donors (Lipinski definition) is 2. The second-order valence-electron chi connectivity index (χ2n) is 6.69. The second-order valence-corrected chi connectivity index (χ2v) is 7.10. The summed E-state index contributed by atoms with van der Waals surface area (Å²) in [5.41, 5.74) is 3.24. The van der Waals surface area contributed by atoms with Crippen molar-refractivity contribution in [3.8, 4) is 0 Å². The summed E-state index contributed by atoms with van der Waals surface area (Å²) in [6.07, 6.45) is 0. The van der Waals surface area contributed by atoms with Crippen LogP contribution in [0.1, 0.15) is 21.7 Å². The Hall–Kier alpha value is -2.15. The number of carbonyl (C=O) groups excluding carboxylic acids is 2. The molecule has 0 saturated carbocycles. The average Bonchev–Trinajstić information content (AvgIpc) is 2.89. The number of aromatic nitrogens is 1. The first-order chi connectivity index (χ1) is 12.8. The highest BCUT2D eigenvalue weighted by Crippen LogP contribution is 2.20. The molecule has 1 heterocycles. The maximum Gasteiger partial charge on any atom is 0.279 e. The average molecular weight is 393 g/mol. The Bertz CT molecular complexity index is 817. The van der Waals surface area contributed by atoms with Gasteiger partial charge in [-0.15, -0.1) is 0 Å². The summed E-state index contributed by atoms with van der Waals surface area (Å²) in [5, 5.41) is 3.27. The number of Topliss-reactive ketones (excluding diaryl/α,β-unsaturated/α-hetero) is 1. The van der Waals surface area contributed by atoms with Gasteiger partial charge in [-0.25, -0.2) is 0 Å². The van der Waals surface area contributed by atoms with Gasteiger partial charge in [-0.3, -0.25) is 9.59 Å². The molecule has 0 spiro atoms. The number of nitrogens with zero attached hydrogens (tertiary/aromatic N) is 1. The number of nitrogens with one attached hydrogen (secondary N) is 2. The quantitative estimate of drug-likeness (QED) is 0.639. The van der Waals surface area contributed by atoms with E-state index in [1.54, 1.807) is 31.4 Å². The summed E-state index contributed by atoms with van der Waals surface area (Å²) in [6, 6.07) is 8.98. The zero-order valence-electron chi connectivity index (χ0n) is 16.3. The normalized spacial score (nSPS) is 12.0. The van der Waals surface area contributed by atoms with E-state index in [1.807, 2.05) is 27.0 Å². The van der Waals surface area contributed by atoms with Crippen LogP contribution in [-0.2, 0) is 16.1 Å². The van der Waals surface area contributed by atoms with Crippen LogP contribution in [0.2, 0.25) is 5.02 Å². The minimum absolute atomic E-state index is 0.0230. The number of quaternary nitrogens is 1. The molecule has 6 nitrogen and oxygen atoms in total. The standard InChI is InChI=1S/C20H26ClN3O3/c1-14-11-16(15(2)24(14)9-10-27-4)19(25)12-23(3)13-20(26)22-18-8-6-5-7-17(18)21/h5-8,11H,9-10,12-13H2,1-4H3,(H,22,26)/p+1. The maximum atomic E-state index is 12.7. The van der Waals surface area contributed by atoms with Gasteiger partial charge in [0, 0.05) is 30.6 Å². The number of ketones is 1. The predicted octanol–water partition coefficient (Wildman–Crippen LogP) is 1.74. The molecule has 0 fully saturated rings. The molecule has 0 radical (unpaired) electrons. The highest BCUT2D eigenvalue weighted by molar-refractivity contribution is 6.33. The van der Waals surface area contributed by atoms with Crippen LogP contribution in [0.4, 0.5) is 5.69 Å². The number of hydrogen-bond acceptors (Lipinski definition) is 3. The number of carbonyl (C=O) groups is 2. The van der Waals surface area contributed by atoms with Crippen molar-refractivity contribution in [1.82, 2.24) is 4.57 Å². The second kappa shape index (κ2) is 9.69. The number of methoxy groups -OCH3 is 1. The van der Waals surface area contributed by atoms with Crippen molar-refractivity contribution < 1.29 is 19.2 Å². The third-order valence-electron chi connectivity index (χ3n) is 4.47. The van der Waals surface area contributed by atoms with Crippen LogP contribution in [0.15, 0.2) is 30.3 Å². The van der Waals surface area contributed by atoms with E-state index >= 15 is 0 Å². The molecule has 27 heavy (non-hydrogen) atoms. The molecular formula is C20H27ClN3O3+. The lowest BCUT2D eigenvalue weighted by molar-refractivity contribution is -0.861. The summed E-state index contributed by atoms with van der Waals surface area (Å²) in [6.45, 7) is 5.65. The Morgan fingerprint density at radius 2 is 1.93 bits per heavy atom. The Labute approximate surface area is 165 Å². The van der Waals surface area contributed by atoms with Crippen LogP contribution in [0, 0.1) is 13.8 Å². The van der Waals surface area contributed by atoms with Crippen molar-refractivity contribution in [1.29, 1.82) is 0 Å². The first-order valence-corrected chi connectivity index (χ1v) is 9.25. The van der Waals surface area contributed by atoms with Crippen LogP contribution in [0.25, 0.3) is 0 Å². The van der Waals surface area contributed by atoms with Crippen molar-refractivity contribution >= 4 is 29.0 Å². The number of benzene rings is 1. The van der Waals surface area contributed by atoms with E-state index in [-0.39, 0.29) is 24.8 Å². The zero-order valence-corrected chi connectivity index (χ0v) is 17.0. The van der Waals surface area contributed by atoms with Crippen molar-refractivity contribution in [3.63, 3.8) is 0 Å². The fourth-order valence-corrected chi connectivity index (χ4v) is 3.26. The zero-order chi connectivity index (χ0) is 20.0. The number of likely N-dealkylation sites (N-methyl/N-ethyl adjacent to an activating group) is 1. The predicted molar refractivity (Wildman–Crippen MR) is 107 cm³/mol. The molecule has 1 unspecified atom stereocenters. The highest BCUT2D eigenvalue weighted by Gasteiger charge is 2.20. The SMILES string of the molecule is COCCn1c(C)cc(C(=O)C[NH+](C)CC(=O)Nc2ccccc2Cl)c1C. The van der Waals surface area contributed by atoms with Crippen molar-refractivity contribution in [2.75, 3.05) is 39.2 Å². The molecule has 0 bridgehead atoms. The smallest absolute Gasteiger partial charge is 0.279 e. The van der Waals surface area contributed by atoms with Crippen LogP contribution < -0.4 is 10.2 Å². The molecule has 1 amide bonds. The Balaban J connectivity index is 1.95. The Kier molecular flexibility index (Phi) is 7.59. The molecule has 2 N–H and O–H groups in total. The molecular weight excluding hydrogens is 366 g/mol. The molecule has 7 heteroatoms. The van der Waals surface area contributed by atoms with Crippen LogP contribution in [0.5, 0.6) is 0 Å². The van der Waals surface area contributed by atoms with Gasteiger partial charge in [0.2, 0.25) is 5.78 Å². The van der Waals surface area contributed by atoms with Crippen LogP contribution >= 0.6 is 11.6 Å². The van der Waals surface area contributed by atoms with Crippen LogP contribution in [-0.4, -0.2) is 50.1 Å². The minimum atomic E-state index is -0.182. The van der Waals surface area contributed by atoms with Gasteiger partial charge < -0.3 is 19.5 Å². The van der Waals surface area contributed by atoms with Gasteiger partial charge in [0.25, 0.3) is 5.91 Å². The number of aryl methyl sites for hydroxylation is 1. The van der Waals surface area contributed by atoms with E-state index in [4.69, 9.17) is 16.3 Å². The van der Waals surface area contributed by atoms with Gasteiger partial charge in [-0.2, -0.15) is 0 Å². The summed E-state index contributed by atoms with van der Waals surface area (Å²) in [4.78, 5) is 25.7. The lowest BCUT2D eigenvalue weighted by Crippen LogP contribution is -3.11. The molecule has 0 saturated heterocycles. The Morgan fingerprint density at radius 1 is 1.22 bits per heavy atom. The van der Waals surface area contributed by atoms with E-state index in [0.717, 1.165) is 16.3 Å². The van der Waals surface area contributed by atoms with Crippen LogP contribution in [0.3, 0.4) is 0 Å². The van der Waals surface area contributed by atoms with E-state index in [9.17, 15) is 9.59 Å². The largest absolute Gasteiger partial charge is 0.383 e. The first-order valence-electron chi connectivity index (χ1n) is 8.88. The van der Waals surface area contributed by atoms with Gasteiger partial charge in [-0.1, -0.05) is 23.7 Å². The van der Waals surface area contributed by atoms with E-state index in [0.29, 0.717) is 29.4 Å². The fourth-order valence-electron chi connectivity index (χ4n) is 3.07. The summed E-state index contributed by atoms with van der Waals surface area (Å²) < 4.78 is 7.21. The van der Waals surface area contributed by atoms with E-state index in [2.05, 4.69) is 9.88 Å². The lowest BCUT2D eigenvalue weighted by atomic mass is 10.1. The topological polar surface area (TPSA) is 64.8 Å². The summed E-state index contributed by atoms with van der Waals surface area (Å²) in [5.74, 6) is -0.159. The molecule has 1 aromatic carbocycles. The molecule has 146 valence electrons. The number of rotatable bonds is 9. The molecule has 1 atom stereocenters. The van der Waals surface area contributed by atoms with Gasteiger partial charge >= 0.3 is 0 Å². The molecule has 2 aromatic rings. The highest BCUT2D eigenvalue weighted by atomic mass is 35.5. The minimum Gasteiger partial charge on any atom is -0.383 e. The third-order valence-corrected chi connectivity index (χ3v) is 4.80. The van der Waals surface area contributed by atoms with Gasteiger partial charge in [0.15, 0.2) is 6.54 Å². The number of amides is 1. The molecule has 0 aliphatic heterocycles.